The van der Waals surface area contributed by atoms with E-state index in [0.29, 0.717) is 19.4 Å². The Kier molecular flexibility index (Phi) is 5.99. The Labute approximate surface area is 94.6 Å². The molecule has 0 heterocycles. The van der Waals surface area contributed by atoms with Gasteiger partial charge in [-0.15, -0.1) is 0 Å². The number of carbonyl (C=O) groups excluding carboxylic acids is 1. The van der Waals surface area contributed by atoms with Crippen LogP contribution in [0.4, 0.5) is 9.18 Å². The highest BCUT2D eigenvalue weighted by Gasteiger charge is 2.00. The van der Waals surface area contributed by atoms with Gasteiger partial charge in [-0.1, -0.05) is 30.3 Å². The van der Waals surface area contributed by atoms with Crippen molar-refractivity contribution >= 4 is 6.09 Å². The molecule has 0 aliphatic rings. The van der Waals surface area contributed by atoms with Crippen LogP contribution in [0.25, 0.3) is 0 Å². The van der Waals surface area contributed by atoms with Gasteiger partial charge in [-0.25, -0.2) is 4.79 Å². The normalized spacial score (nSPS) is 9.81. The topological polar surface area (TPSA) is 38.3 Å². The fraction of sp³-hybridized carbons (Fsp3) is 0.417. The number of carbonyl (C=O) groups is 1. The van der Waals surface area contributed by atoms with Crippen molar-refractivity contribution in [2.45, 2.75) is 19.4 Å². The number of rotatable bonds is 6. The lowest BCUT2D eigenvalue weighted by Gasteiger charge is -2.06. The van der Waals surface area contributed by atoms with Gasteiger partial charge < -0.3 is 10.1 Å². The first-order chi connectivity index (χ1) is 7.83. The van der Waals surface area contributed by atoms with Crippen molar-refractivity contribution in [2.24, 2.45) is 0 Å². The van der Waals surface area contributed by atoms with Crippen LogP contribution in [0.1, 0.15) is 18.4 Å². The molecule has 0 saturated carbocycles. The van der Waals surface area contributed by atoms with E-state index in [2.05, 4.69) is 5.32 Å². The van der Waals surface area contributed by atoms with Crippen molar-refractivity contribution in [2.75, 3.05) is 13.2 Å². The Bertz CT molecular complexity index is 303. The summed E-state index contributed by atoms with van der Waals surface area (Å²) in [4.78, 5) is 11.2. The number of nitrogens with one attached hydrogen (secondary N) is 1. The first-order valence-corrected chi connectivity index (χ1v) is 5.33. The van der Waals surface area contributed by atoms with Crippen molar-refractivity contribution in [3.05, 3.63) is 35.9 Å². The van der Waals surface area contributed by atoms with E-state index in [1.54, 1.807) is 0 Å². The molecule has 3 nitrogen and oxygen atoms in total. The molecule has 0 saturated heterocycles. The standard InChI is InChI=1S/C12H16FNO2/c13-8-4-5-9-14-12(15)16-10-11-6-2-1-3-7-11/h1-3,6-7H,4-5,8-10H2,(H,14,15). The molecule has 1 rings (SSSR count). The smallest absolute Gasteiger partial charge is 0.407 e. The minimum Gasteiger partial charge on any atom is -0.445 e. The van der Waals surface area contributed by atoms with Crippen molar-refractivity contribution in [3.8, 4) is 0 Å². The van der Waals surface area contributed by atoms with Crippen LogP contribution in [0.5, 0.6) is 0 Å². The first kappa shape index (κ1) is 12.5. The molecule has 0 unspecified atom stereocenters. The van der Waals surface area contributed by atoms with Crippen molar-refractivity contribution in [3.63, 3.8) is 0 Å². The van der Waals surface area contributed by atoms with E-state index in [0.717, 1.165) is 5.56 Å². The van der Waals surface area contributed by atoms with Gasteiger partial charge in [0.1, 0.15) is 6.61 Å². The predicted molar refractivity (Wildman–Crippen MR) is 59.8 cm³/mol. The maximum absolute atomic E-state index is 11.7. The van der Waals surface area contributed by atoms with Crippen LogP contribution in [0.2, 0.25) is 0 Å². The van der Waals surface area contributed by atoms with E-state index in [9.17, 15) is 9.18 Å². The highest BCUT2D eigenvalue weighted by atomic mass is 19.1. The highest BCUT2D eigenvalue weighted by molar-refractivity contribution is 5.67. The summed E-state index contributed by atoms with van der Waals surface area (Å²) in [5, 5.41) is 2.56. The lowest BCUT2D eigenvalue weighted by molar-refractivity contribution is 0.139. The van der Waals surface area contributed by atoms with E-state index in [4.69, 9.17) is 4.74 Å². The number of hydrogen-bond acceptors (Lipinski definition) is 2. The highest BCUT2D eigenvalue weighted by Crippen LogP contribution is 2.00. The van der Waals surface area contributed by atoms with Gasteiger partial charge in [0.25, 0.3) is 0 Å². The summed E-state index contributed by atoms with van der Waals surface area (Å²) in [6.45, 7) is 0.369. The lowest BCUT2D eigenvalue weighted by Crippen LogP contribution is -2.25. The number of amides is 1. The zero-order valence-electron chi connectivity index (χ0n) is 9.12. The van der Waals surface area contributed by atoms with Gasteiger partial charge in [0.15, 0.2) is 0 Å². The summed E-state index contributed by atoms with van der Waals surface area (Å²) in [7, 11) is 0. The molecule has 0 spiro atoms. The number of benzene rings is 1. The third-order valence-corrected chi connectivity index (χ3v) is 2.04. The molecule has 1 aromatic carbocycles. The second-order valence-corrected chi connectivity index (χ2v) is 3.38. The number of alkyl carbamates (subject to hydrolysis) is 1. The maximum atomic E-state index is 11.7. The molecule has 1 aromatic rings. The molecule has 0 radical (unpaired) electrons. The second kappa shape index (κ2) is 7.68. The van der Waals surface area contributed by atoms with Gasteiger partial charge in [0, 0.05) is 6.54 Å². The molecule has 0 aromatic heterocycles. The summed E-state index contributed by atoms with van der Waals surface area (Å²) < 4.78 is 16.7. The zero-order valence-corrected chi connectivity index (χ0v) is 9.12. The summed E-state index contributed by atoms with van der Waals surface area (Å²) in [6.07, 6.45) is 0.651. The maximum Gasteiger partial charge on any atom is 0.407 e. The van der Waals surface area contributed by atoms with Gasteiger partial charge in [-0.05, 0) is 18.4 Å². The molecule has 1 N–H and O–H groups in total. The first-order valence-electron chi connectivity index (χ1n) is 5.33. The summed E-state index contributed by atoms with van der Waals surface area (Å²) >= 11 is 0. The Morgan fingerprint density at radius 2 is 2.00 bits per heavy atom. The quantitative estimate of drug-likeness (QED) is 0.756. The number of halogens is 1. The third-order valence-electron chi connectivity index (χ3n) is 2.04. The van der Waals surface area contributed by atoms with Crippen LogP contribution in [0, 0.1) is 0 Å². The summed E-state index contributed by atoms with van der Waals surface area (Å²) in [6, 6.07) is 9.45. The SMILES string of the molecule is O=C(NCCCCF)OCc1ccccc1. The van der Waals surface area contributed by atoms with E-state index in [1.165, 1.54) is 0 Å². The van der Waals surface area contributed by atoms with Crippen molar-refractivity contribution in [1.82, 2.24) is 5.32 Å². The minimum atomic E-state index is -0.456. The molecule has 0 aliphatic carbocycles. The number of unbranched alkanes of at least 4 members (excludes halogenated alkanes) is 1. The van der Waals surface area contributed by atoms with Gasteiger partial charge in [0.2, 0.25) is 0 Å². The fourth-order valence-corrected chi connectivity index (χ4v) is 1.18. The molecule has 4 heteroatoms. The molecular formula is C12H16FNO2. The molecule has 16 heavy (non-hydrogen) atoms. The van der Waals surface area contributed by atoms with Gasteiger partial charge >= 0.3 is 6.09 Å². The minimum absolute atomic E-state index is 0.260. The average Bonchev–Trinajstić information content (AvgIpc) is 2.33. The average molecular weight is 225 g/mol. The Morgan fingerprint density at radius 1 is 1.25 bits per heavy atom. The Morgan fingerprint density at radius 3 is 2.69 bits per heavy atom. The van der Waals surface area contributed by atoms with Gasteiger partial charge in [-0.3, -0.25) is 4.39 Å². The number of hydrogen-bond donors (Lipinski definition) is 1. The third kappa shape index (κ3) is 5.34. The Hall–Kier alpha value is -1.58. The number of ether oxygens (including phenoxy) is 1. The van der Waals surface area contributed by atoms with Crippen LogP contribution in [-0.2, 0) is 11.3 Å². The molecule has 0 aliphatic heterocycles. The van der Waals surface area contributed by atoms with Crippen LogP contribution in [-0.4, -0.2) is 19.3 Å². The predicted octanol–water partition coefficient (Wildman–Crippen LogP) is 2.66. The van der Waals surface area contributed by atoms with Gasteiger partial charge in [-0.2, -0.15) is 0 Å². The molecule has 88 valence electrons. The second-order valence-electron chi connectivity index (χ2n) is 3.38. The summed E-state index contributed by atoms with van der Waals surface area (Å²) in [5.41, 5.74) is 0.946. The van der Waals surface area contributed by atoms with Gasteiger partial charge in [0.05, 0.1) is 6.67 Å². The molecule has 0 atom stereocenters. The fourth-order valence-electron chi connectivity index (χ4n) is 1.18. The monoisotopic (exact) mass is 225 g/mol. The van der Waals surface area contributed by atoms with Crippen LogP contribution in [0.15, 0.2) is 30.3 Å². The molecule has 0 fully saturated rings. The van der Waals surface area contributed by atoms with E-state index >= 15 is 0 Å². The van der Waals surface area contributed by atoms with E-state index in [1.807, 2.05) is 30.3 Å². The molecule has 0 bridgehead atoms. The lowest BCUT2D eigenvalue weighted by atomic mass is 10.2. The van der Waals surface area contributed by atoms with E-state index < -0.39 is 6.09 Å². The zero-order chi connectivity index (χ0) is 11.6. The van der Waals surface area contributed by atoms with Crippen molar-refractivity contribution < 1.29 is 13.9 Å². The van der Waals surface area contributed by atoms with E-state index in [-0.39, 0.29) is 13.3 Å². The molecule has 1 amide bonds. The van der Waals surface area contributed by atoms with Crippen LogP contribution in [0.3, 0.4) is 0 Å². The summed E-state index contributed by atoms with van der Waals surface area (Å²) in [5.74, 6) is 0. The molecular weight excluding hydrogens is 209 g/mol. The number of alkyl halides is 1. The largest absolute Gasteiger partial charge is 0.445 e. The Balaban J connectivity index is 2.11. The van der Waals surface area contributed by atoms with Crippen LogP contribution < -0.4 is 5.32 Å². The van der Waals surface area contributed by atoms with Crippen molar-refractivity contribution in [1.29, 1.82) is 0 Å². The van der Waals surface area contributed by atoms with Crippen LogP contribution >= 0.6 is 0 Å².